The number of allylic oxidation sites excluding steroid dienone is 3. The second-order valence-electron chi connectivity index (χ2n) is 10.0. The molecule has 0 unspecified atom stereocenters. The van der Waals surface area contributed by atoms with Crippen molar-refractivity contribution in [2.75, 3.05) is 19.0 Å². The maximum absolute atomic E-state index is 13.7. The molecule has 37 heavy (non-hydrogen) atoms. The summed E-state index contributed by atoms with van der Waals surface area (Å²) < 4.78 is 11.7. The predicted molar refractivity (Wildman–Crippen MR) is 143 cm³/mol. The molecule has 3 aromatic rings. The van der Waals surface area contributed by atoms with E-state index < -0.39 is 11.9 Å². The minimum Gasteiger partial charge on any atom is -0.465 e. The number of esters is 1. The lowest BCUT2D eigenvalue weighted by molar-refractivity contribution is -0.140. The van der Waals surface area contributed by atoms with Gasteiger partial charge in [-0.1, -0.05) is 42.5 Å². The first-order valence-electron chi connectivity index (χ1n) is 12.6. The van der Waals surface area contributed by atoms with Crippen molar-refractivity contribution in [2.24, 2.45) is 0 Å². The van der Waals surface area contributed by atoms with Gasteiger partial charge in [-0.25, -0.2) is 4.79 Å². The lowest BCUT2D eigenvalue weighted by Gasteiger charge is -2.35. The van der Waals surface area contributed by atoms with Gasteiger partial charge >= 0.3 is 5.97 Å². The number of ether oxygens (including phenoxy) is 1. The molecule has 2 aliphatic rings. The number of dihydropyridines is 1. The van der Waals surface area contributed by atoms with Crippen LogP contribution >= 0.6 is 0 Å². The standard InChI is InChI=1S/C31H32N2O4/c1-19-10-15-27(37-19)30-28(31(35)36-18-21-8-6-5-7-9-21)20(2)32-25-16-23(17-26(34)29(25)30)22-11-13-24(14-12-22)33(3)4/h5-15,23,30,32H,16-18H2,1-4H3/t23-,30-/m1/s1. The van der Waals surface area contributed by atoms with Gasteiger partial charge in [0.15, 0.2) is 5.78 Å². The van der Waals surface area contributed by atoms with Gasteiger partial charge < -0.3 is 19.4 Å². The largest absolute Gasteiger partial charge is 0.465 e. The van der Waals surface area contributed by atoms with Crippen molar-refractivity contribution in [3.63, 3.8) is 0 Å². The van der Waals surface area contributed by atoms with Crippen molar-refractivity contribution >= 4 is 17.4 Å². The molecule has 0 radical (unpaired) electrons. The third-order valence-electron chi connectivity index (χ3n) is 7.19. The topological polar surface area (TPSA) is 71.8 Å². The molecule has 2 heterocycles. The third kappa shape index (κ3) is 4.96. The summed E-state index contributed by atoms with van der Waals surface area (Å²) in [6.07, 6.45) is 1.06. The molecule has 0 fully saturated rings. The Morgan fingerprint density at radius 1 is 1.00 bits per heavy atom. The smallest absolute Gasteiger partial charge is 0.337 e. The molecule has 1 aliphatic carbocycles. The minimum absolute atomic E-state index is 0.0235. The van der Waals surface area contributed by atoms with E-state index in [1.165, 1.54) is 0 Å². The number of rotatable bonds is 6. The average Bonchev–Trinajstić information content (AvgIpc) is 3.32. The first kappa shape index (κ1) is 24.6. The van der Waals surface area contributed by atoms with E-state index >= 15 is 0 Å². The number of anilines is 1. The number of Topliss-reactive ketones (excluding diaryl/α,β-unsaturated/α-hetero) is 1. The summed E-state index contributed by atoms with van der Waals surface area (Å²) in [6.45, 7) is 3.89. The monoisotopic (exact) mass is 496 g/mol. The van der Waals surface area contributed by atoms with Crippen molar-refractivity contribution in [1.29, 1.82) is 0 Å². The fourth-order valence-corrected chi connectivity index (χ4v) is 5.28. The van der Waals surface area contributed by atoms with Gasteiger partial charge in [0.25, 0.3) is 0 Å². The number of furan rings is 1. The number of benzene rings is 2. The van der Waals surface area contributed by atoms with Gasteiger partial charge in [-0.2, -0.15) is 0 Å². The molecule has 0 spiro atoms. The number of carbonyl (C=O) groups excluding carboxylic acids is 2. The van der Waals surface area contributed by atoms with Crippen LogP contribution in [-0.2, 0) is 20.9 Å². The average molecular weight is 497 g/mol. The van der Waals surface area contributed by atoms with Crippen LogP contribution in [0.1, 0.15) is 54.2 Å². The molecule has 6 heteroatoms. The van der Waals surface area contributed by atoms with Gasteiger partial charge in [0, 0.05) is 43.2 Å². The van der Waals surface area contributed by atoms with E-state index in [1.807, 2.05) is 70.4 Å². The van der Waals surface area contributed by atoms with Gasteiger partial charge in [0.2, 0.25) is 0 Å². The van der Waals surface area contributed by atoms with Crippen LogP contribution < -0.4 is 10.2 Å². The summed E-state index contributed by atoms with van der Waals surface area (Å²) in [5.74, 6) is 0.349. The zero-order chi connectivity index (χ0) is 26.1. The molecule has 190 valence electrons. The lowest BCUT2D eigenvalue weighted by atomic mass is 9.73. The second kappa shape index (κ2) is 10.1. The van der Waals surface area contributed by atoms with Crippen LogP contribution in [0.2, 0.25) is 0 Å². The second-order valence-corrected chi connectivity index (χ2v) is 10.0. The molecule has 2 aromatic carbocycles. The molecule has 1 aliphatic heterocycles. The zero-order valence-corrected chi connectivity index (χ0v) is 21.7. The van der Waals surface area contributed by atoms with E-state index in [0.717, 1.165) is 28.3 Å². The maximum Gasteiger partial charge on any atom is 0.337 e. The molecular weight excluding hydrogens is 464 g/mol. The molecule has 0 amide bonds. The van der Waals surface area contributed by atoms with Crippen LogP contribution in [0.5, 0.6) is 0 Å². The highest BCUT2D eigenvalue weighted by Gasteiger charge is 2.42. The summed E-state index contributed by atoms with van der Waals surface area (Å²) in [4.78, 5) is 29.2. The number of aryl methyl sites for hydroxylation is 1. The molecule has 0 saturated carbocycles. The van der Waals surface area contributed by atoms with E-state index in [0.29, 0.717) is 35.4 Å². The van der Waals surface area contributed by atoms with Crippen LogP contribution in [-0.4, -0.2) is 25.8 Å². The maximum atomic E-state index is 13.7. The number of nitrogens with zero attached hydrogens (tertiary/aromatic N) is 1. The van der Waals surface area contributed by atoms with Crippen molar-refractivity contribution < 1.29 is 18.7 Å². The van der Waals surface area contributed by atoms with E-state index in [9.17, 15) is 9.59 Å². The van der Waals surface area contributed by atoms with E-state index in [4.69, 9.17) is 9.15 Å². The Bertz CT molecular complexity index is 1380. The number of ketones is 1. The van der Waals surface area contributed by atoms with E-state index in [1.54, 1.807) is 0 Å². The molecule has 0 bridgehead atoms. The first-order valence-corrected chi connectivity index (χ1v) is 12.6. The quantitative estimate of drug-likeness (QED) is 0.438. The Balaban J connectivity index is 1.47. The third-order valence-corrected chi connectivity index (χ3v) is 7.19. The van der Waals surface area contributed by atoms with Crippen LogP contribution in [0.25, 0.3) is 0 Å². The lowest BCUT2D eigenvalue weighted by Crippen LogP contribution is -2.36. The molecule has 1 aromatic heterocycles. The van der Waals surface area contributed by atoms with E-state index in [2.05, 4.69) is 34.5 Å². The van der Waals surface area contributed by atoms with Crippen molar-refractivity contribution in [1.82, 2.24) is 5.32 Å². The summed E-state index contributed by atoms with van der Waals surface area (Å²) in [6, 6.07) is 21.7. The Morgan fingerprint density at radius 3 is 2.38 bits per heavy atom. The Hall–Kier alpha value is -4.06. The molecule has 0 saturated heterocycles. The first-order chi connectivity index (χ1) is 17.8. The van der Waals surface area contributed by atoms with Crippen LogP contribution in [0, 0.1) is 6.92 Å². The fraction of sp³-hybridized carbons (Fsp3) is 0.290. The van der Waals surface area contributed by atoms with Crippen LogP contribution in [0.15, 0.2) is 93.7 Å². The van der Waals surface area contributed by atoms with Crippen molar-refractivity contribution in [3.05, 3.63) is 112 Å². The number of carbonyl (C=O) groups is 2. The Kier molecular flexibility index (Phi) is 6.74. The van der Waals surface area contributed by atoms with E-state index in [-0.39, 0.29) is 18.3 Å². The molecular formula is C31H32N2O4. The highest BCUT2D eigenvalue weighted by molar-refractivity contribution is 6.04. The number of hydrogen-bond acceptors (Lipinski definition) is 6. The number of nitrogens with one attached hydrogen (secondary N) is 1. The summed E-state index contributed by atoms with van der Waals surface area (Å²) in [5.41, 5.74) is 5.72. The molecule has 6 nitrogen and oxygen atoms in total. The zero-order valence-electron chi connectivity index (χ0n) is 21.7. The van der Waals surface area contributed by atoms with Crippen molar-refractivity contribution in [2.45, 2.75) is 45.1 Å². The van der Waals surface area contributed by atoms with Gasteiger partial charge in [-0.05, 0) is 61.6 Å². The van der Waals surface area contributed by atoms with Gasteiger partial charge in [-0.15, -0.1) is 0 Å². The van der Waals surface area contributed by atoms with Gasteiger partial charge in [0.1, 0.15) is 18.1 Å². The minimum atomic E-state index is -0.599. The highest BCUT2D eigenvalue weighted by atomic mass is 16.5. The Labute approximate surface area is 217 Å². The van der Waals surface area contributed by atoms with Gasteiger partial charge in [0.05, 0.1) is 11.5 Å². The molecule has 2 atom stereocenters. The normalized spacial score (nSPS) is 19.4. The molecule has 1 N–H and O–H groups in total. The summed E-state index contributed by atoms with van der Waals surface area (Å²) >= 11 is 0. The number of hydrogen-bond donors (Lipinski definition) is 1. The SMILES string of the molecule is CC1=C(C(=O)OCc2ccccc2)[C@@H](c2ccc(C)o2)C2=C(C[C@@H](c3ccc(N(C)C)cc3)CC2=O)N1. The van der Waals surface area contributed by atoms with Crippen LogP contribution in [0.3, 0.4) is 0 Å². The summed E-state index contributed by atoms with van der Waals surface area (Å²) in [5, 5.41) is 3.40. The highest BCUT2D eigenvalue weighted by Crippen LogP contribution is 2.46. The van der Waals surface area contributed by atoms with Gasteiger partial charge in [-0.3, -0.25) is 4.79 Å². The fourth-order valence-electron chi connectivity index (χ4n) is 5.28. The molecule has 5 rings (SSSR count). The summed E-state index contributed by atoms with van der Waals surface area (Å²) in [7, 11) is 4.02. The predicted octanol–water partition coefficient (Wildman–Crippen LogP) is 5.76. The van der Waals surface area contributed by atoms with Crippen molar-refractivity contribution in [3.8, 4) is 0 Å². The Morgan fingerprint density at radius 2 is 1.73 bits per heavy atom. The van der Waals surface area contributed by atoms with Crippen LogP contribution in [0.4, 0.5) is 5.69 Å².